The third-order valence-corrected chi connectivity index (χ3v) is 8.59. The molecule has 146 valence electrons. The first kappa shape index (κ1) is 20.9. The Bertz CT molecular complexity index is 596. The van der Waals surface area contributed by atoms with Gasteiger partial charge >= 0.3 is 0 Å². The molecule has 0 spiro atoms. The van der Waals surface area contributed by atoms with E-state index < -0.39 is 9.68 Å². The van der Waals surface area contributed by atoms with Crippen molar-refractivity contribution in [3.8, 4) is 5.75 Å². The Labute approximate surface area is 158 Å². The predicted molar refractivity (Wildman–Crippen MR) is 105 cm³/mol. The number of rotatable bonds is 9. The van der Waals surface area contributed by atoms with Gasteiger partial charge in [0.1, 0.15) is 17.8 Å². The fraction of sp³-hybridized carbons (Fsp3) is 0.632. The van der Waals surface area contributed by atoms with E-state index in [0.29, 0.717) is 24.6 Å². The zero-order chi connectivity index (χ0) is 19.4. The number of carbonyl (C=O) groups is 1. The summed E-state index contributed by atoms with van der Waals surface area (Å²) in [7, 11) is -0.992. The number of nitrogens with one attached hydrogen (secondary N) is 1. The summed E-state index contributed by atoms with van der Waals surface area (Å²) >= 11 is 0. The maximum absolute atomic E-state index is 13.3. The zero-order valence-corrected chi connectivity index (χ0v) is 17.7. The van der Waals surface area contributed by atoms with Crippen molar-refractivity contribution in [3.63, 3.8) is 0 Å². The SMILES string of the molecule is CC(C)C(C)(C)[SiH2][N+]1([O-])CC(NC(=O)COc2ccccc2)C1CCO. The van der Waals surface area contributed by atoms with Crippen LogP contribution in [0, 0.1) is 11.1 Å². The van der Waals surface area contributed by atoms with Gasteiger partial charge in [-0.25, -0.2) is 0 Å². The van der Waals surface area contributed by atoms with Crippen molar-refractivity contribution in [2.45, 2.75) is 51.2 Å². The fourth-order valence-corrected chi connectivity index (χ4v) is 6.28. The summed E-state index contributed by atoms with van der Waals surface area (Å²) in [5.41, 5.74) is 0. The normalized spacial score (nSPS) is 26.1. The summed E-state index contributed by atoms with van der Waals surface area (Å²) in [6, 6.07) is 8.75. The molecular formula is C19H32N2O4Si. The van der Waals surface area contributed by atoms with Gasteiger partial charge < -0.3 is 24.7 Å². The smallest absolute Gasteiger partial charge is 0.261 e. The van der Waals surface area contributed by atoms with E-state index in [9.17, 15) is 15.1 Å². The highest BCUT2D eigenvalue weighted by molar-refractivity contribution is 6.31. The van der Waals surface area contributed by atoms with Gasteiger partial charge in [-0.2, -0.15) is 0 Å². The number of amides is 1. The van der Waals surface area contributed by atoms with E-state index in [1.807, 2.05) is 18.2 Å². The molecule has 1 aromatic carbocycles. The minimum atomic E-state index is -0.992. The molecule has 0 aromatic heterocycles. The highest BCUT2D eigenvalue weighted by atomic mass is 28.2. The molecule has 26 heavy (non-hydrogen) atoms. The van der Waals surface area contributed by atoms with Gasteiger partial charge in [0.15, 0.2) is 6.61 Å². The van der Waals surface area contributed by atoms with Gasteiger partial charge in [0.25, 0.3) is 15.6 Å². The average Bonchev–Trinajstić information content (AvgIpc) is 2.58. The van der Waals surface area contributed by atoms with Crippen LogP contribution < -0.4 is 10.1 Å². The summed E-state index contributed by atoms with van der Waals surface area (Å²) < 4.78 is 5.25. The summed E-state index contributed by atoms with van der Waals surface area (Å²) in [6.45, 7) is 8.94. The number of benzene rings is 1. The lowest BCUT2D eigenvalue weighted by Crippen LogP contribution is -2.77. The molecule has 1 aromatic rings. The molecule has 1 heterocycles. The van der Waals surface area contributed by atoms with Crippen molar-refractivity contribution >= 4 is 15.6 Å². The second-order valence-electron chi connectivity index (χ2n) is 8.29. The first-order chi connectivity index (χ1) is 12.2. The van der Waals surface area contributed by atoms with Crippen molar-refractivity contribution in [1.82, 2.24) is 5.32 Å². The van der Waals surface area contributed by atoms with Gasteiger partial charge in [0, 0.05) is 18.1 Å². The molecule has 1 aliphatic heterocycles. The zero-order valence-electron chi connectivity index (χ0n) is 16.3. The van der Waals surface area contributed by atoms with Gasteiger partial charge in [-0.05, 0) is 18.1 Å². The van der Waals surface area contributed by atoms with Crippen LogP contribution in [0.4, 0.5) is 0 Å². The van der Waals surface area contributed by atoms with Crippen LogP contribution in [0.15, 0.2) is 30.3 Å². The van der Waals surface area contributed by atoms with Gasteiger partial charge in [-0.15, -0.1) is 0 Å². The Morgan fingerprint density at radius 2 is 2.08 bits per heavy atom. The minimum absolute atomic E-state index is 0.0314. The highest BCUT2D eigenvalue weighted by Crippen LogP contribution is 2.40. The number of hydrogen-bond donors (Lipinski definition) is 2. The van der Waals surface area contributed by atoms with Crippen molar-refractivity contribution in [3.05, 3.63) is 35.5 Å². The van der Waals surface area contributed by atoms with Crippen LogP contribution in [-0.2, 0) is 4.79 Å². The molecule has 0 bridgehead atoms. The Balaban J connectivity index is 1.90. The number of nitrogens with zero attached hydrogens (tertiary/aromatic N) is 1. The summed E-state index contributed by atoms with van der Waals surface area (Å²) in [4.78, 5) is 12.2. The largest absolute Gasteiger partial charge is 0.653 e. The number of aliphatic hydroxyl groups is 1. The molecule has 1 aliphatic rings. The standard InChI is InChI=1S/C19H32N2O4Si/c1-14(2)19(3,4)26-21(24)12-16(17(21)10-11-22)20-18(23)13-25-15-8-6-5-7-9-15/h5-9,14,16-17,22H,10-13,26H2,1-4H3,(H,20,23). The molecule has 0 saturated carbocycles. The fourth-order valence-electron chi connectivity index (χ4n) is 3.46. The van der Waals surface area contributed by atoms with E-state index in [1.54, 1.807) is 12.1 Å². The molecule has 2 N–H and O–H groups in total. The molecule has 7 heteroatoms. The Morgan fingerprint density at radius 1 is 1.42 bits per heavy atom. The number of carbonyl (C=O) groups excluding carboxylic acids is 1. The molecule has 2 rings (SSSR count). The van der Waals surface area contributed by atoms with Crippen LogP contribution >= 0.6 is 0 Å². The van der Waals surface area contributed by atoms with E-state index in [0.717, 1.165) is 0 Å². The third kappa shape index (κ3) is 5.06. The number of ether oxygens (including phenoxy) is 1. The second-order valence-corrected chi connectivity index (χ2v) is 11.5. The van der Waals surface area contributed by atoms with Gasteiger partial charge in [-0.1, -0.05) is 45.9 Å². The first-order valence-corrected chi connectivity index (χ1v) is 10.7. The number of quaternary nitrogens is 1. The van der Waals surface area contributed by atoms with Crippen molar-refractivity contribution in [2.75, 3.05) is 19.8 Å². The van der Waals surface area contributed by atoms with Gasteiger partial charge in [0.05, 0.1) is 6.54 Å². The van der Waals surface area contributed by atoms with Crippen molar-refractivity contribution in [1.29, 1.82) is 0 Å². The highest BCUT2D eigenvalue weighted by Gasteiger charge is 2.51. The lowest BCUT2D eigenvalue weighted by atomic mass is 9.96. The van der Waals surface area contributed by atoms with E-state index in [4.69, 9.17) is 4.74 Å². The van der Waals surface area contributed by atoms with E-state index in [1.165, 1.54) is 0 Å². The maximum atomic E-state index is 13.3. The van der Waals surface area contributed by atoms with Crippen LogP contribution in [0.3, 0.4) is 0 Å². The van der Waals surface area contributed by atoms with Crippen LogP contribution in [0.5, 0.6) is 5.75 Å². The monoisotopic (exact) mass is 380 g/mol. The minimum Gasteiger partial charge on any atom is -0.653 e. The number of hydroxylamine groups is 2. The molecular weight excluding hydrogens is 348 g/mol. The Hall–Kier alpha value is -1.41. The maximum Gasteiger partial charge on any atom is 0.261 e. The van der Waals surface area contributed by atoms with Crippen LogP contribution in [0.2, 0.25) is 5.04 Å². The molecule has 1 saturated heterocycles. The number of para-hydroxylation sites is 1. The molecule has 0 aliphatic carbocycles. The van der Waals surface area contributed by atoms with Gasteiger partial charge in [0.2, 0.25) is 0 Å². The van der Waals surface area contributed by atoms with Crippen LogP contribution in [0.25, 0.3) is 0 Å². The van der Waals surface area contributed by atoms with Gasteiger partial charge in [-0.3, -0.25) is 4.79 Å². The summed E-state index contributed by atoms with van der Waals surface area (Å²) in [5.74, 6) is 0.863. The summed E-state index contributed by atoms with van der Waals surface area (Å²) in [6.07, 6.45) is 0.426. The lowest BCUT2D eigenvalue weighted by molar-refractivity contribution is -0.851. The predicted octanol–water partition coefficient (Wildman–Crippen LogP) is 1.57. The molecule has 1 fully saturated rings. The average molecular weight is 381 g/mol. The van der Waals surface area contributed by atoms with Crippen LogP contribution in [0.1, 0.15) is 34.1 Å². The Kier molecular flexibility index (Phi) is 6.84. The van der Waals surface area contributed by atoms with Crippen molar-refractivity contribution in [2.24, 2.45) is 5.92 Å². The quantitative estimate of drug-likeness (QED) is 0.503. The second kappa shape index (κ2) is 8.52. The topological polar surface area (TPSA) is 81.6 Å². The third-order valence-electron chi connectivity index (χ3n) is 5.70. The van der Waals surface area contributed by atoms with E-state index >= 15 is 0 Å². The van der Waals surface area contributed by atoms with Crippen molar-refractivity contribution < 1.29 is 18.9 Å². The first-order valence-electron chi connectivity index (χ1n) is 9.34. The molecule has 3 unspecified atom stereocenters. The number of hydrogen-bond acceptors (Lipinski definition) is 4. The number of aliphatic hydroxyl groups excluding tert-OH is 1. The van der Waals surface area contributed by atoms with E-state index in [-0.39, 0.29) is 40.6 Å². The molecule has 1 amide bonds. The summed E-state index contributed by atoms with van der Waals surface area (Å²) in [5, 5.41) is 25.6. The van der Waals surface area contributed by atoms with Crippen LogP contribution in [-0.4, -0.2) is 56.8 Å². The Morgan fingerprint density at radius 3 is 2.65 bits per heavy atom. The molecule has 0 radical (unpaired) electrons. The molecule has 6 nitrogen and oxygen atoms in total. The lowest BCUT2D eigenvalue weighted by Gasteiger charge is -2.64. The molecule has 3 atom stereocenters. The van der Waals surface area contributed by atoms with E-state index in [2.05, 4.69) is 33.0 Å².